The second-order valence-corrected chi connectivity index (χ2v) is 6.39. The van der Waals surface area contributed by atoms with Crippen molar-refractivity contribution in [3.63, 3.8) is 0 Å². The predicted octanol–water partition coefficient (Wildman–Crippen LogP) is 3.08. The van der Waals surface area contributed by atoms with Crippen LogP contribution in [-0.2, 0) is 4.65 Å². The van der Waals surface area contributed by atoms with E-state index in [-0.39, 0.29) is 13.0 Å². The zero-order valence-corrected chi connectivity index (χ0v) is 14.6. The fourth-order valence-corrected chi connectivity index (χ4v) is 2.56. The van der Waals surface area contributed by atoms with Crippen molar-refractivity contribution < 1.29 is 4.65 Å². The SMILES string of the molecule is Cc1ccc(B(OC(C)CN)c2ccc(C)c(Cl)c2)cc1Cl. The summed E-state index contributed by atoms with van der Waals surface area (Å²) in [6.45, 7) is 6.13. The molecule has 0 heterocycles. The quantitative estimate of drug-likeness (QED) is 0.852. The lowest BCUT2D eigenvalue weighted by molar-refractivity contribution is 0.240. The van der Waals surface area contributed by atoms with E-state index in [4.69, 9.17) is 33.6 Å². The summed E-state index contributed by atoms with van der Waals surface area (Å²) in [6.07, 6.45) is -0.0647. The first-order valence-electron chi connectivity index (χ1n) is 7.30. The van der Waals surface area contributed by atoms with Gasteiger partial charge in [0.25, 0.3) is 0 Å². The van der Waals surface area contributed by atoms with Crippen LogP contribution >= 0.6 is 23.2 Å². The number of halogens is 2. The third-order valence-electron chi connectivity index (χ3n) is 3.70. The largest absolute Gasteiger partial charge is 0.423 e. The highest BCUT2D eigenvalue weighted by Crippen LogP contribution is 2.15. The summed E-state index contributed by atoms with van der Waals surface area (Å²) in [5.74, 6) is 0. The summed E-state index contributed by atoms with van der Waals surface area (Å²) in [6, 6.07) is 11.9. The van der Waals surface area contributed by atoms with E-state index >= 15 is 0 Å². The Balaban J connectivity index is 2.45. The highest BCUT2D eigenvalue weighted by atomic mass is 35.5. The van der Waals surface area contributed by atoms with Gasteiger partial charge in [-0.3, -0.25) is 0 Å². The molecule has 0 fully saturated rings. The van der Waals surface area contributed by atoms with E-state index in [0.29, 0.717) is 6.54 Å². The molecule has 1 atom stereocenters. The van der Waals surface area contributed by atoms with Gasteiger partial charge in [-0.15, -0.1) is 0 Å². The van der Waals surface area contributed by atoms with Crippen LogP contribution in [0.2, 0.25) is 10.0 Å². The fourth-order valence-electron chi connectivity index (χ4n) is 2.18. The van der Waals surface area contributed by atoms with Gasteiger partial charge >= 0.3 is 6.92 Å². The van der Waals surface area contributed by atoms with Gasteiger partial charge < -0.3 is 10.4 Å². The van der Waals surface area contributed by atoms with Crippen LogP contribution in [0.4, 0.5) is 0 Å². The molecule has 2 aromatic rings. The molecule has 0 saturated heterocycles. The highest BCUT2D eigenvalue weighted by Gasteiger charge is 2.24. The lowest BCUT2D eigenvalue weighted by Gasteiger charge is -2.20. The molecular formula is C17H20BCl2NO. The topological polar surface area (TPSA) is 35.2 Å². The van der Waals surface area contributed by atoms with Crippen molar-refractivity contribution in [2.75, 3.05) is 6.54 Å². The Kier molecular flexibility index (Phi) is 5.93. The van der Waals surface area contributed by atoms with E-state index in [0.717, 1.165) is 32.1 Å². The number of nitrogens with two attached hydrogens (primary N) is 1. The number of aryl methyl sites for hydroxylation is 2. The Hall–Kier alpha value is -0.995. The number of rotatable bonds is 5. The number of benzene rings is 2. The van der Waals surface area contributed by atoms with Gasteiger partial charge in [-0.05, 0) is 55.0 Å². The Morgan fingerprint density at radius 1 is 1.00 bits per heavy atom. The van der Waals surface area contributed by atoms with E-state index in [1.165, 1.54) is 0 Å². The van der Waals surface area contributed by atoms with Crippen molar-refractivity contribution in [1.29, 1.82) is 0 Å². The molecule has 2 N–H and O–H groups in total. The third kappa shape index (κ3) is 4.05. The summed E-state index contributed by atoms with van der Waals surface area (Å²) in [5, 5.41) is 1.45. The molecule has 1 unspecified atom stereocenters. The Morgan fingerprint density at radius 3 is 1.82 bits per heavy atom. The highest BCUT2D eigenvalue weighted by molar-refractivity contribution is 6.80. The van der Waals surface area contributed by atoms with Crippen LogP contribution in [0.3, 0.4) is 0 Å². The summed E-state index contributed by atoms with van der Waals surface area (Å²) in [4.78, 5) is 0. The monoisotopic (exact) mass is 335 g/mol. The second-order valence-electron chi connectivity index (χ2n) is 5.58. The summed E-state index contributed by atoms with van der Waals surface area (Å²) >= 11 is 12.5. The molecule has 0 aromatic heterocycles. The molecule has 0 aliphatic rings. The van der Waals surface area contributed by atoms with Crippen LogP contribution in [-0.4, -0.2) is 19.6 Å². The maximum absolute atomic E-state index is 6.27. The van der Waals surface area contributed by atoms with Gasteiger partial charge in [0.1, 0.15) is 0 Å². The van der Waals surface area contributed by atoms with E-state index in [1.54, 1.807) is 0 Å². The van der Waals surface area contributed by atoms with Crippen LogP contribution < -0.4 is 16.7 Å². The Morgan fingerprint density at radius 2 is 1.45 bits per heavy atom. The average molecular weight is 336 g/mol. The van der Waals surface area contributed by atoms with Crippen molar-refractivity contribution >= 4 is 41.0 Å². The van der Waals surface area contributed by atoms with Crippen LogP contribution in [0.1, 0.15) is 18.1 Å². The van der Waals surface area contributed by atoms with Crippen LogP contribution in [0.5, 0.6) is 0 Å². The van der Waals surface area contributed by atoms with Crippen molar-refractivity contribution in [3.8, 4) is 0 Å². The van der Waals surface area contributed by atoms with E-state index < -0.39 is 0 Å². The van der Waals surface area contributed by atoms with Gasteiger partial charge in [0.2, 0.25) is 0 Å². The molecule has 5 heteroatoms. The first-order chi connectivity index (χ1) is 10.4. The van der Waals surface area contributed by atoms with Crippen molar-refractivity contribution in [2.24, 2.45) is 5.73 Å². The van der Waals surface area contributed by atoms with Gasteiger partial charge in [-0.2, -0.15) is 0 Å². The fraction of sp³-hybridized carbons (Fsp3) is 0.294. The minimum absolute atomic E-state index is 0.0647. The summed E-state index contributed by atoms with van der Waals surface area (Å²) < 4.78 is 6.12. The van der Waals surface area contributed by atoms with Crippen LogP contribution in [0.25, 0.3) is 0 Å². The van der Waals surface area contributed by atoms with Gasteiger partial charge in [-0.1, -0.05) is 47.5 Å². The van der Waals surface area contributed by atoms with Gasteiger partial charge in [0, 0.05) is 16.6 Å². The minimum Gasteiger partial charge on any atom is -0.423 e. The zero-order chi connectivity index (χ0) is 16.3. The first-order valence-corrected chi connectivity index (χ1v) is 8.05. The normalized spacial score (nSPS) is 12.3. The van der Waals surface area contributed by atoms with Crippen molar-refractivity contribution in [3.05, 3.63) is 57.6 Å². The molecule has 22 heavy (non-hydrogen) atoms. The lowest BCUT2D eigenvalue weighted by Crippen LogP contribution is -2.48. The molecule has 2 nitrogen and oxygen atoms in total. The van der Waals surface area contributed by atoms with Crippen LogP contribution in [0, 0.1) is 13.8 Å². The van der Waals surface area contributed by atoms with Crippen molar-refractivity contribution in [1.82, 2.24) is 0 Å². The van der Waals surface area contributed by atoms with Gasteiger partial charge in [-0.25, -0.2) is 0 Å². The maximum Gasteiger partial charge on any atom is 0.361 e. The lowest BCUT2D eigenvalue weighted by atomic mass is 9.55. The van der Waals surface area contributed by atoms with E-state index in [1.807, 2.05) is 57.2 Å². The average Bonchev–Trinajstić information content (AvgIpc) is 2.50. The Labute approximate surface area is 142 Å². The number of hydrogen-bond acceptors (Lipinski definition) is 2. The molecule has 0 radical (unpaired) electrons. The van der Waals surface area contributed by atoms with Gasteiger partial charge in [0.15, 0.2) is 0 Å². The number of hydrogen-bond donors (Lipinski definition) is 1. The second kappa shape index (κ2) is 7.52. The smallest absolute Gasteiger partial charge is 0.361 e. The molecule has 2 rings (SSSR count). The molecule has 0 aliphatic carbocycles. The van der Waals surface area contributed by atoms with E-state index in [2.05, 4.69) is 0 Å². The summed E-state index contributed by atoms with van der Waals surface area (Å²) in [5.41, 5.74) is 9.78. The molecule has 116 valence electrons. The maximum atomic E-state index is 6.27. The first kappa shape index (κ1) is 17.4. The standard InChI is InChI=1S/C17H20BCl2NO/c1-11-4-6-14(8-16(11)19)18(22-13(3)10-21)15-7-5-12(2)17(20)9-15/h4-9,13H,10,21H2,1-3H3. The van der Waals surface area contributed by atoms with Crippen molar-refractivity contribution in [2.45, 2.75) is 26.9 Å². The molecule has 0 amide bonds. The third-order valence-corrected chi connectivity index (χ3v) is 4.51. The predicted molar refractivity (Wildman–Crippen MR) is 97.0 cm³/mol. The van der Waals surface area contributed by atoms with Gasteiger partial charge in [0.05, 0.1) is 6.10 Å². The Bertz CT molecular complexity index is 612. The molecular weight excluding hydrogens is 316 g/mol. The molecule has 2 aromatic carbocycles. The molecule has 0 aliphatic heterocycles. The molecule has 0 saturated carbocycles. The molecule has 0 bridgehead atoms. The molecule has 0 spiro atoms. The van der Waals surface area contributed by atoms with E-state index in [9.17, 15) is 0 Å². The zero-order valence-electron chi connectivity index (χ0n) is 13.1. The minimum atomic E-state index is -0.241. The van der Waals surface area contributed by atoms with Crippen LogP contribution in [0.15, 0.2) is 36.4 Å². The summed E-state index contributed by atoms with van der Waals surface area (Å²) in [7, 11) is 0.